The van der Waals surface area contributed by atoms with Crippen molar-refractivity contribution in [1.82, 2.24) is 25.1 Å². The minimum Gasteiger partial charge on any atom is -0.316 e. The number of hydrogen-bond acceptors (Lipinski definition) is 4. The van der Waals surface area contributed by atoms with E-state index >= 15 is 0 Å². The highest BCUT2D eigenvalue weighted by Gasteiger charge is 2.04. The Kier molecular flexibility index (Phi) is 2.94. The van der Waals surface area contributed by atoms with Crippen LogP contribution >= 0.6 is 11.6 Å². The van der Waals surface area contributed by atoms with E-state index in [0.29, 0.717) is 17.4 Å². The Bertz CT molecular complexity index is 440. The number of halogens is 1. The second-order valence-corrected chi connectivity index (χ2v) is 3.41. The van der Waals surface area contributed by atoms with Gasteiger partial charge in [-0.25, -0.2) is 14.6 Å². The largest absolute Gasteiger partial charge is 0.316 e. The molecular formula is C9H10ClN5. The van der Waals surface area contributed by atoms with Gasteiger partial charge in [0.15, 0.2) is 5.82 Å². The molecule has 0 aliphatic heterocycles. The second kappa shape index (κ2) is 4.37. The first-order valence-electron chi connectivity index (χ1n) is 4.45. The standard InChI is InChI=1S/C9H10ClN5/c1-11-3-7-2-9(13-4-8(7)10)15-6-12-5-14-15/h2,4-6,11H,3H2,1H3. The maximum atomic E-state index is 5.99. The molecule has 6 heteroatoms. The predicted molar refractivity (Wildman–Crippen MR) is 56.9 cm³/mol. The minimum atomic E-state index is 0.646. The molecule has 0 unspecified atom stereocenters. The van der Waals surface area contributed by atoms with Gasteiger partial charge in [-0.05, 0) is 18.7 Å². The van der Waals surface area contributed by atoms with Gasteiger partial charge in [-0.1, -0.05) is 11.6 Å². The van der Waals surface area contributed by atoms with Crippen LogP contribution in [0.5, 0.6) is 0 Å². The Balaban J connectivity index is 2.38. The van der Waals surface area contributed by atoms with Crippen LogP contribution in [0, 0.1) is 0 Å². The Morgan fingerprint density at radius 1 is 1.53 bits per heavy atom. The monoisotopic (exact) mass is 223 g/mol. The van der Waals surface area contributed by atoms with E-state index in [0.717, 1.165) is 5.56 Å². The van der Waals surface area contributed by atoms with Crippen LogP contribution in [0.3, 0.4) is 0 Å². The van der Waals surface area contributed by atoms with Gasteiger partial charge in [0.2, 0.25) is 0 Å². The fourth-order valence-electron chi connectivity index (χ4n) is 1.25. The molecule has 0 spiro atoms. The topological polar surface area (TPSA) is 55.6 Å². The van der Waals surface area contributed by atoms with Crippen molar-refractivity contribution in [3.8, 4) is 5.82 Å². The smallest absolute Gasteiger partial charge is 0.155 e. The summed E-state index contributed by atoms with van der Waals surface area (Å²) in [5, 5.41) is 7.68. The van der Waals surface area contributed by atoms with Crippen LogP contribution in [0.2, 0.25) is 5.02 Å². The van der Waals surface area contributed by atoms with E-state index in [-0.39, 0.29) is 0 Å². The summed E-state index contributed by atoms with van der Waals surface area (Å²) in [6.45, 7) is 0.697. The Morgan fingerprint density at radius 2 is 2.40 bits per heavy atom. The van der Waals surface area contributed by atoms with Gasteiger partial charge in [0, 0.05) is 12.7 Å². The molecule has 15 heavy (non-hydrogen) atoms. The Hall–Kier alpha value is -1.46. The van der Waals surface area contributed by atoms with E-state index in [4.69, 9.17) is 11.6 Å². The number of pyridine rings is 1. The van der Waals surface area contributed by atoms with Gasteiger partial charge in [0.25, 0.3) is 0 Å². The zero-order valence-corrected chi connectivity index (χ0v) is 8.94. The van der Waals surface area contributed by atoms with Crippen molar-refractivity contribution < 1.29 is 0 Å². The summed E-state index contributed by atoms with van der Waals surface area (Å²) in [6, 6.07) is 1.88. The van der Waals surface area contributed by atoms with E-state index in [2.05, 4.69) is 20.4 Å². The lowest BCUT2D eigenvalue weighted by atomic mass is 10.2. The van der Waals surface area contributed by atoms with Gasteiger partial charge in [-0.15, -0.1) is 0 Å². The first kappa shape index (κ1) is 10.1. The molecule has 0 amide bonds. The molecule has 5 nitrogen and oxygen atoms in total. The quantitative estimate of drug-likeness (QED) is 0.845. The predicted octanol–water partition coefficient (Wildman–Crippen LogP) is 1.04. The zero-order valence-electron chi connectivity index (χ0n) is 8.18. The Labute approximate surface area is 92.1 Å². The summed E-state index contributed by atoms with van der Waals surface area (Å²) in [7, 11) is 1.87. The molecule has 0 bridgehead atoms. The van der Waals surface area contributed by atoms with Crippen molar-refractivity contribution in [2.24, 2.45) is 0 Å². The van der Waals surface area contributed by atoms with Crippen LogP contribution in [0.1, 0.15) is 5.56 Å². The number of nitrogens with zero attached hydrogens (tertiary/aromatic N) is 4. The summed E-state index contributed by atoms with van der Waals surface area (Å²) in [4.78, 5) is 8.02. The highest BCUT2D eigenvalue weighted by molar-refractivity contribution is 6.31. The van der Waals surface area contributed by atoms with Crippen molar-refractivity contribution in [1.29, 1.82) is 0 Å². The van der Waals surface area contributed by atoms with Crippen molar-refractivity contribution >= 4 is 11.6 Å². The highest BCUT2D eigenvalue weighted by atomic mass is 35.5. The molecule has 0 radical (unpaired) electrons. The van der Waals surface area contributed by atoms with Crippen LogP contribution in [0.4, 0.5) is 0 Å². The number of nitrogens with one attached hydrogen (secondary N) is 1. The van der Waals surface area contributed by atoms with Gasteiger partial charge in [-0.2, -0.15) is 5.10 Å². The van der Waals surface area contributed by atoms with E-state index in [1.54, 1.807) is 17.2 Å². The van der Waals surface area contributed by atoms with Gasteiger partial charge in [0.05, 0.1) is 5.02 Å². The SMILES string of the molecule is CNCc1cc(-n2cncn2)ncc1Cl. The van der Waals surface area contributed by atoms with Crippen LogP contribution in [0.15, 0.2) is 24.9 Å². The zero-order chi connectivity index (χ0) is 10.7. The summed E-state index contributed by atoms with van der Waals surface area (Å²) in [5.74, 6) is 0.710. The van der Waals surface area contributed by atoms with E-state index in [1.807, 2.05) is 13.1 Å². The average molecular weight is 224 g/mol. The molecule has 78 valence electrons. The lowest BCUT2D eigenvalue weighted by molar-refractivity contribution is 0.800. The molecule has 2 aromatic rings. The van der Waals surface area contributed by atoms with Crippen LogP contribution in [0.25, 0.3) is 5.82 Å². The third-order valence-electron chi connectivity index (χ3n) is 1.94. The molecule has 0 saturated heterocycles. The van der Waals surface area contributed by atoms with Gasteiger partial charge >= 0.3 is 0 Å². The molecule has 2 heterocycles. The maximum absolute atomic E-state index is 5.99. The van der Waals surface area contributed by atoms with E-state index in [9.17, 15) is 0 Å². The van der Waals surface area contributed by atoms with Crippen LogP contribution in [-0.4, -0.2) is 26.8 Å². The molecule has 0 aromatic carbocycles. The third kappa shape index (κ3) is 2.14. The van der Waals surface area contributed by atoms with Gasteiger partial charge in [-0.3, -0.25) is 0 Å². The van der Waals surface area contributed by atoms with E-state index in [1.165, 1.54) is 6.33 Å². The van der Waals surface area contributed by atoms with Crippen molar-refractivity contribution in [2.75, 3.05) is 7.05 Å². The van der Waals surface area contributed by atoms with Crippen molar-refractivity contribution in [2.45, 2.75) is 6.54 Å². The second-order valence-electron chi connectivity index (χ2n) is 3.00. The van der Waals surface area contributed by atoms with E-state index < -0.39 is 0 Å². The normalized spacial score (nSPS) is 10.5. The van der Waals surface area contributed by atoms with Crippen molar-refractivity contribution in [3.63, 3.8) is 0 Å². The lowest BCUT2D eigenvalue weighted by Crippen LogP contribution is -2.07. The van der Waals surface area contributed by atoms with Gasteiger partial charge < -0.3 is 5.32 Å². The molecular weight excluding hydrogens is 214 g/mol. The van der Waals surface area contributed by atoms with Crippen molar-refractivity contribution in [3.05, 3.63) is 35.5 Å². The summed E-state index contributed by atoms with van der Waals surface area (Å²) >= 11 is 5.99. The number of rotatable bonds is 3. The maximum Gasteiger partial charge on any atom is 0.155 e. The summed E-state index contributed by atoms with van der Waals surface area (Å²) in [6.07, 6.45) is 4.68. The molecule has 2 aromatic heterocycles. The first-order chi connectivity index (χ1) is 7.31. The average Bonchev–Trinajstić information content (AvgIpc) is 2.75. The molecule has 0 fully saturated rings. The Morgan fingerprint density at radius 3 is 3.07 bits per heavy atom. The molecule has 0 aliphatic carbocycles. The molecule has 0 aliphatic rings. The fourth-order valence-corrected chi connectivity index (χ4v) is 1.42. The van der Waals surface area contributed by atoms with Gasteiger partial charge in [0.1, 0.15) is 12.7 Å². The molecule has 1 N–H and O–H groups in total. The number of hydrogen-bond donors (Lipinski definition) is 1. The first-order valence-corrected chi connectivity index (χ1v) is 4.83. The summed E-state index contributed by atoms with van der Waals surface area (Å²) < 4.78 is 1.59. The molecule has 2 rings (SSSR count). The molecule has 0 saturated carbocycles. The number of aromatic nitrogens is 4. The highest BCUT2D eigenvalue weighted by Crippen LogP contribution is 2.16. The van der Waals surface area contributed by atoms with Crippen LogP contribution in [-0.2, 0) is 6.54 Å². The summed E-state index contributed by atoms with van der Waals surface area (Å²) in [5.41, 5.74) is 0.986. The van der Waals surface area contributed by atoms with Crippen LogP contribution < -0.4 is 5.32 Å². The molecule has 0 atom stereocenters. The fraction of sp³-hybridized carbons (Fsp3) is 0.222. The lowest BCUT2D eigenvalue weighted by Gasteiger charge is -2.05. The minimum absolute atomic E-state index is 0.646. The third-order valence-corrected chi connectivity index (χ3v) is 2.28.